The van der Waals surface area contributed by atoms with E-state index < -0.39 is 15.5 Å². The fourth-order valence-corrected chi connectivity index (χ4v) is 0. The molecular formula is CHClKNaO6S. The molecule has 0 amide bonds. The van der Waals surface area contributed by atoms with E-state index in [1.54, 1.807) is 0 Å². The normalized spacial score (nSPS) is 7.45. The summed E-state index contributed by atoms with van der Waals surface area (Å²) in [5.41, 5.74) is 0. The van der Waals surface area contributed by atoms with Crippen LogP contribution in [0.4, 0.5) is 4.79 Å². The summed E-state index contributed by atoms with van der Waals surface area (Å²) in [6.45, 7) is 0. The first kappa shape index (κ1) is 23.2. The van der Waals surface area contributed by atoms with E-state index in [-0.39, 0.29) is 80.9 Å². The van der Waals surface area contributed by atoms with Crippen molar-refractivity contribution < 1.29 is 109 Å². The first-order chi connectivity index (χ1) is 3.73. The van der Waals surface area contributed by atoms with E-state index in [0.29, 0.717) is 0 Å². The minimum atomic E-state index is -4.19. The van der Waals surface area contributed by atoms with Crippen LogP contribution in [0.5, 0.6) is 0 Å². The molecule has 0 radical (unpaired) electrons. The van der Waals surface area contributed by atoms with Crippen molar-refractivity contribution in [1.82, 2.24) is 0 Å². The molecule has 0 aliphatic rings. The first-order valence-electron chi connectivity index (χ1n) is 1.28. The van der Waals surface area contributed by atoms with Gasteiger partial charge in [0.2, 0.25) is 0 Å². The Bertz CT molecular complexity index is 165. The second-order valence-electron chi connectivity index (χ2n) is 0.662. The first-order valence-corrected chi connectivity index (χ1v) is 3.55. The monoisotopic (exact) mass is 238 g/mol. The van der Waals surface area contributed by atoms with Crippen molar-refractivity contribution in [2.75, 3.05) is 0 Å². The van der Waals surface area contributed by atoms with Gasteiger partial charge < -0.3 is 15.0 Å². The minimum absolute atomic E-state index is 0. The standard InChI is InChI=1S/CH2O3.ClHO3S.K.Na/c2-1(3)4;1-5(2,3)4;;/h(H2,2,3,4);(H,2,3,4);;/q;;2*+1/p-2. The molecule has 0 heterocycles. The van der Waals surface area contributed by atoms with E-state index in [4.69, 9.17) is 28.0 Å². The van der Waals surface area contributed by atoms with E-state index in [0.717, 1.165) is 0 Å². The number of carboxylic acid groups (broad SMARTS) is 2. The summed E-state index contributed by atoms with van der Waals surface area (Å²) in [4.78, 5) is 8.33. The number of rotatable bonds is 0. The summed E-state index contributed by atoms with van der Waals surface area (Å²) in [5, 5.41) is 16.7. The van der Waals surface area contributed by atoms with Crippen LogP contribution in [0.3, 0.4) is 0 Å². The molecular weight excluding hydrogens is 238 g/mol. The van der Waals surface area contributed by atoms with Crippen molar-refractivity contribution in [1.29, 1.82) is 0 Å². The van der Waals surface area contributed by atoms with Gasteiger partial charge in [0.1, 0.15) is 0 Å². The Balaban J connectivity index is -0.0000000383. The maximum absolute atomic E-state index is 8.95. The molecule has 0 aromatic carbocycles. The fourth-order valence-electron chi connectivity index (χ4n) is 0. The molecule has 0 spiro atoms. The predicted octanol–water partition coefficient (Wildman–Crippen LogP) is -8.41. The van der Waals surface area contributed by atoms with Crippen LogP contribution >= 0.6 is 10.7 Å². The van der Waals surface area contributed by atoms with E-state index >= 15 is 0 Å². The molecule has 0 aromatic heterocycles. The van der Waals surface area contributed by atoms with Crippen molar-refractivity contribution in [2.24, 2.45) is 0 Å². The molecule has 0 saturated carbocycles. The Morgan fingerprint density at radius 2 is 1.36 bits per heavy atom. The fraction of sp³-hybridized carbons (Fsp3) is 0. The molecule has 11 heavy (non-hydrogen) atoms. The second kappa shape index (κ2) is 12.1. The number of hydrogen-bond acceptors (Lipinski definition) is 5. The van der Waals surface area contributed by atoms with Crippen molar-refractivity contribution in [2.45, 2.75) is 0 Å². The zero-order chi connectivity index (χ0) is 8.08. The molecule has 0 unspecified atom stereocenters. The van der Waals surface area contributed by atoms with Gasteiger partial charge in [-0.05, 0) is 6.16 Å². The van der Waals surface area contributed by atoms with E-state index in [1.165, 1.54) is 0 Å². The summed E-state index contributed by atoms with van der Waals surface area (Å²) in [6, 6.07) is 0. The average molecular weight is 239 g/mol. The van der Waals surface area contributed by atoms with Gasteiger partial charge in [-0.15, -0.1) is 0 Å². The van der Waals surface area contributed by atoms with E-state index in [9.17, 15) is 0 Å². The van der Waals surface area contributed by atoms with Gasteiger partial charge >= 0.3 is 90.3 Å². The summed E-state index contributed by atoms with van der Waals surface area (Å²) < 4.78 is 25.2. The molecule has 0 aliphatic carbocycles. The SMILES string of the molecule is O=C([O-])[O-].O=S(=O)(O)Cl.[K+].[Na+]. The molecule has 56 valence electrons. The van der Waals surface area contributed by atoms with Crippen LogP contribution in [0.15, 0.2) is 0 Å². The topological polar surface area (TPSA) is 118 Å². The van der Waals surface area contributed by atoms with Gasteiger partial charge in [0.05, 0.1) is 0 Å². The van der Waals surface area contributed by atoms with Crippen molar-refractivity contribution in [3.63, 3.8) is 0 Å². The summed E-state index contributed by atoms with van der Waals surface area (Å²) in [6.07, 6.45) is -2.33. The van der Waals surface area contributed by atoms with Crippen molar-refractivity contribution in [3.8, 4) is 0 Å². The Kier molecular flexibility index (Phi) is 25.5. The number of carbonyl (C=O) groups is 1. The van der Waals surface area contributed by atoms with Crippen LogP contribution in [0.25, 0.3) is 0 Å². The minimum Gasteiger partial charge on any atom is -0.652 e. The third-order valence-corrected chi connectivity index (χ3v) is 0. The molecule has 10 heteroatoms. The number of carbonyl (C=O) groups excluding carboxylic acids is 1. The average Bonchev–Trinajstić information content (AvgIpc) is 1.19. The third-order valence-electron chi connectivity index (χ3n) is 0. The molecule has 6 nitrogen and oxygen atoms in total. The Morgan fingerprint density at radius 3 is 1.36 bits per heavy atom. The van der Waals surface area contributed by atoms with Gasteiger partial charge in [0.25, 0.3) is 0 Å². The van der Waals surface area contributed by atoms with Crippen molar-refractivity contribution in [3.05, 3.63) is 0 Å². The van der Waals surface area contributed by atoms with Gasteiger partial charge in [-0.1, -0.05) is 0 Å². The van der Waals surface area contributed by atoms with Crippen LogP contribution in [0, 0.1) is 0 Å². The zero-order valence-corrected chi connectivity index (χ0v) is 12.5. The largest absolute Gasteiger partial charge is 1.00 e. The Morgan fingerprint density at radius 1 is 1.36 bits per heavy atom. The number of hydrogen-bond donors (Lipinski definition) is 1. The Labute approximate surface area is 132 Å². The van der Waals surface area contributed by atoms with Crippen LogP contribution in [-0.2, 0) is 9.33 Å². The smallest absolute Gasteiger partial charge is 0.652 e. The molecule has 0 fully saturated rings. The molecule has 0 aliphatic heterocycles. The zero-order valence-electron chi connectivity index (χ0n) is 5.77. The van der Waals surface area contributed by atoms with Gasteiger partial charge in [-0.2, -0.15) is 8.42 Å². The second-order valence-corrected chi connectivity index (χ2v) is 2.66. The van der Waals surface area contributed by atoms with Gasteiger partial charge in [0.15, 0.2) is 0 Å². The molecule has 1 N–H and O–H groups in total. The molecule has 0 atom stereocenters. The van der Waals surface area contributed by atoms with Crippen molar-refractivity contribution >= 4 is 26.2 Å². The third kappa shape index (κ3) is 279. The van der Waals surface area contributed by atoms with E-state index in [1.807, 2.05) is 0 Å². The molecule has 0 bridgehead atoms. The Hall–Kier alpha value is 2.11. The van der Waals surface area contributed by atoms with Crippen LogP contribution < -0.4 is 91.2 Å². The number of halogens is 1. The molecule has 0 rings (SSSR count). The quantitative estimate of drug-likeness (QED) is 0.254. The maximum Gasteiger partial charge on any atom is 1.00 e. The predicted molar refractivity (Wildman–Crippen MR) is 22.8 cm³/mol. The van der Waals surface area contributed by atoms with Gasteiger partial charge in [-0.25, -0.2) is 0 Å². The maximum atomic E-state index is 8.95. The van der Waals surface area contributed by atoms with Gasteiger partial charge in [-0.3, -0.25) is 4.55 Å². The van der Waals surface area contributed by atoms with Gasteiger partial charge in [0, 0.05) is 10.7 Å². The molecule has 0 saturated heterocycles. The van der Waals surface area contributed by atoms with Crippen LogP contribution in [0.2, 0.25) is 0 Å². The van der Waals surface area contributed by atoms with Crippen LogP contribution in [-0.4, -0.2) is 19.1 Å². The van der Waals surface area contributed by atoms with E-state index in [2.05, 4.69) is 10.7 Å². The van der Waals surface area contributed by atoms with Crippen LogP contribution in [0.1, 0.15) is 0 Å². The molecule has 0 aromatic rings. The summed E-state index contributed by atoms with van der Waals surface area (Å²) in [7, 11) is -0.137. The summed E-state index contributed by atoms with van der Waals surface area (Å²) in [5.74, 6) is 0. The summed E-state index contributed by atoms with van der Waals surface area (Å²) >= 11 is 0.